The zero-order valence-electron chi connectivity index (χ0n) is 8.90. The molecular weight excluding hydrogens is 336 g/mol. The standard InChI is InChI=1S/C11H14Br2N2O/c12-5-7-14-9-15(16,8-6-13)11-4-2-1-3-10(11)14/h1-4H,5-9H2. The van der Waals surface area contributed by atoms with E-state index in [0.29, 0.717) is 13.2 Å². The summed E-state index contributed by atoms with van der Waals surface area (Å²) in [5, 5.41) is 14.3. The molecule has 3 nitrogen and oxygen atoms in total. The van der Waals surface area contributed by atoms with Crippen molar-refractivity contribution in [2.24, 2.45) is 0 Å². The van der Waals surface area contributed by atoms with Crippen LogP contribution in [0.1, 0.15) is 0 Å². The molecule has 1 aliphatic heterocycles. The molecule has 0 N–H and O–H groups in total. The normalized spacial score (nSPS) is 23.6. The van der Waals surface area contributed by atoms with Gasteiger partial charge in [-0.25, -0.2) is 0 Å². The molecule has 0 spiro atoms. The van der Waals surface area contributed by atoms with Gasteiger partial charge in [0, 0.05) is 17.9 Å². The number of alkyl halides is 2. The van der Waals surface area contributed by atoms with Gasteiger partial charge in [0.2, 0.25) is 0 Å². The van der Waals surface area contributed by atoms with Gasteiger partial charge >= 0.3 is 0 Å². The Hall–Kier alpha value is -0.100. The zero-order valence-corrected chi connectivity index (χ0v) is 12.1. The van der Waals surface area contributed by atoms with E-state index in [1.165, 1.54) is 0 Å². The van der Waals surface area contributed by atoms with Crippen molar-refractivity contribution in [2.45, 2.75) is 0 Å². The molecule has 1 heterocycles. The van der Waals surface area contributed by atoms with Crippen LogP contribution < -0.4 is 9.55 Å². The second-order valence-electron chi connectivity index (χ2n) is 3.88. The second-order valence-corrected chi connectivity index (χ2v) is 5.47. The third-order valence-corrected chi connectivity index (χ3v) is 3.57. The minimum absolute atomic E-state index is 0.242. The number of benzene rings is 1. The number of hydroxylamine groups is 2. The first-order chi connectivity index (χ1) is 7.71. The van der Waals surface area contributed by atoms with Gasteiger partial charge in [0.05, 0.1) is 11.9 Å². The first-order valence-electron chi connectivity index (χ1n) is 5.26. The fraction of sp³-hybridized carbons (Fsp3) is 0.455. The van der Waals surface area contributed by atoms with Gasteiger partial charge < -0.3 is 14.8 Å². The first-order valence-corrected chi connectivity index (χ1v) is 7.50. The number of rotatable bonds is 4. The molecule has 0 amide bonds. The van der Waals surface area contributed by atoms with Crippen molar-refractivity contribution >= 4 is 43.2 Å². The summed E-state index contributed by atoms with van der Waals surface area (Å²) in [6.07, 6.45) is 0. The fourth-order valence-electron chi connectivity index (χ4n) is 2.13. The fourth-order valence-corrected chi connectivity index (χ4v) is 3.13. The molecule has 1 aromatic rings. The zero-order chi connectivity index (χ0) is 11.6. The summed E-state index contributed by atoms with van der Waals surface area (Å²) in [5.41, 5.74) is 1.97. The molecule has 0 radical (unpaired) electrons. The van der Waals surface area contributed by atoms with Crippen LogP contribution in [-0.4, -0.2) is 30.4 Å². The Kier molecular flexibility index (Phi) is 3.89. The van der Waals surface area contributed by atoms with Crippen molar-refractivity contribution < 1.29 is 0 Å². The minimum Gasteiger partial charge on any atom is -0.626 e. The Morgan fingerprint density at radius 3 is 2.69 bits per heavy atom. The van der Waals surface area contributed by atoms with E-state index in [2.05, 4.69) is 36.8 Å². The lowest BCUT2D eigenvalue weighted by Gasteiger charge is -2.37. The number of nitrogens with zero attached hydrogens (tertiary/aromatic N) is 2. The number of hydrogen-bond acceptors (Lipinski definition) is 2. The van der Waals surface area contributed by atoms with E-state index in [4.69, 9.17) is 0 Å². The summed E-state index contributed by atoms with van der Waals surface area (Å²) < 4.78 is -0.242. The summed E-state index contributed by atoms with van der Waals surface area (Å²) in [6, 6.07) is 7.91. The highest BCUT2D eigenvalue weighted by molar-refractivity contribution is 9.09. The largest absolute Gasteiger partial charge is 0.626 e. The van der Waals surface area contributed by atoms with E-state index in [1.807, 2.05) is 24.3 Å². The number of halogens is 2. The smallest absolute Gasteiger partial charge is 0.159 e. The van der Waals surface area contributed by atoms with Crippen LogP contribution in [-0.2, 0) is 0 Å². The SMILES string of the molecule is [O-][N+]1(CCBr)CN(CCBr)c2ccccc21. The van der Waals surface area contributed by atoms with Gasteiger partial charge in [-0.3, -0.25) is 0 Å². The van der Waals surface area contributed by atoms with Crippen molar-refractivity contribution in [3.05, 3.63) is 29.5 Å². The van der Waals surface area contributed by atoms with Crippen LogP contribution in [0, 0.1) is 5.21 Å². The monoisotopic (exact) mass is 348 g/mol. The van der Waals surface area contributed by atoms with E-state index in [9.17, 15) is 5.21 Å². The topological polar surface area (TPSA) is 26.3 Å². The average molecular weight is 350 g/mol. The van der Waals surface area contributed by atoms with Gasteiger partial charge in [-0.05, 0) is 6.07 Å². The van der Waals surface area contributed by atoms with Crippen molar-refractivity contribution in [3.63, 3.8) is 0 Å². The Balaban J connectivity index is 2.34. The van der Waals surface area contributed by atoms with Crippen LogP contribution in [0.4, 0.5) is 11.4 Å². The lowest BCUT2D eigenvalue weighted by atomic mass is 10.2. The van der Waals surface area contributed by atoms with Crippen molar-refractivity contribution in [2.75, 3.05) is 35.3 Å². The van der Waals surface area contributed by atoms with Crippen molar-refractivity contribution in [3.8, 4) is 0 Å². The minimum atomic E-state index is -0.242. The lowest BCUT2D eigenvalue weighted by molar-refractivity contribution is 0.417. The molecule has 1 aliphatic rings. The summed E-state index contributed by atoms with van der Waals surface area (Å²) in [4.78, 5) is 2.15. The van der Waals surface area contributed by atoms with Crippen LogP contribution in [0.3, 0.4) is 0 Å². The maximum atomic E-state index is 12.7. The van der Waals surface area contributed by atoms with Crippen LogP contribution in [0.15, 0.2) is 24.3 Å². The van der Waals surface area contributed by atoms with Gasteiger partial charge in [0.15, 0.2) is 12.4 Å². The number of quaternary nitrogens is 1. The Bertz CT molecular complexity index is 375. The molecule has 0 fully saturated rings. The molecule has 0 saturated carbocycles. The van der Waals surface area contributed by atoms with Crippen LogP contribution in [0.5, 0.6) is 0 Å². The van der Waals surface area contributed by atoms with E-state index in [-0.39, 0.29) is 4.65 Å². The van der Waals surface area contributed by atoms with Gasteiger partial charge in [-0.2, -0.15) is 0 Å². The van der Waals surface area contributed by atoms with E-state index in [1.54, 1.807) is 0 Å². The Morgan fingerprint density at radius 2 is 2.00 bits per heavy atom. The molecule has 1 unspecified atom stereocenters. The third kappa shape index (κ3) is 2.14. The second kappa shape index (κ2) is 5.04. The van der Waals surface area contributed by atoms with E-state index >= 15 is 0 Å². The van der Waals surface area contributed by atoms with E-state index in [0.717, 1.165) is 28.6 Å². The Labute approximate surface area is 112 Å². The highest BCUT2D eigenvalue weighted by atomic mass is 79.9. The predicted octanol–water partition coefficient (Wildman–Crippen LogP) is 3.06. The van der Waals surface area contributed by atoms with Gasteiger partial charge in [0.25, 0.3) is 0 Å². The molecule has 5 heteroatoms. The Morgan fingerprint density at radius 1 is 1.25 bits per heavy atom. The summed E-state index contributed by atoms with van der Waals surface area (Å²) in [7, 11) is 0. The molecule has 0 aliphatic carbocycles. The van der Waals surface area contributed by atoms with Crippen LogP contribution in [0.25, 0.3) is 0 Å². The molecule has 1 atom stereocenters. The van der Waals surface area contributed by atoms with E-state index < -0.39 is 0 Å². The molecule has 0 saturated heterocycles. The quantitative estimate of drug-likeness (QED) is 0.474. The molecule has 16 heavy (non-hydrogen) atoms. The summed E-state index contributed by atoms with van der Waals surface area (Å²) in [5.74, 6) is 0. The predicted molar refractivity (Wildman–Crippen MR) is 76.3 cm³/mol. The maximum Gasteiger partial charge on any atom is 0.159 e. The highest BCUT2D eigenvalue weighted by Gasteiger charge is 2.34. The molecule has 1 aromatic carbocycles. The number of anilines is 1. The number of hydrogen-bond donors (Lipinski definition) is 0. The molecule has 2 rings (SSSR count). The van der Waals surface area contributed by atoms with Crippen molar-refractivity contribution in [1.29, 1.82) is 0 Å². The van der Waals surface area contributed by atoms with Gasteiger partial charge in [-0.15, -0.1) is 0 Å². The van der Waals surface area contributed by atoms with Crippen LogP contribution in [0.2, 0.25) is 0 Å². The molecule has 0 bridgehead atoms. The van der Waals surface area contributed by atoms with Crippen LogP contribution >= 0.6 is 31.9 Å². The van der Waals surface area contributed by atoms with Gasteiger partial charge in [-0.1, -0.05) is 44.0 Å². The number of para-hydroxylation sites is 2. The lowest BCUT2D eigenvalue weighted by Crippen LogP contribution is -2.47. The molecule has 0 aromatic heterocycles. The summed E-state index contributed by atoms with van der Waals surface area (Å²) in [6.45, 7) is 1.98. The molecular formula is C11H14Br2N2O. The highest BCUT2D eigenvalue weighted by Crippen LogP contribution is 2.40. The molecule has 88 valence electrons. The maximum absolute atomic E-state index is 12.7. The van der Waals surface area contributed by atoms with Crippen molar-refractivity contribution in [1.82, 2.24) is 4.65 Å². The number of fused-ring (bicyclic) bond motifs is 1. The third-order valence-electron chi connectivity index (χ3n) is 2.86. The average Bonchev–Trinajstić information content (AvgIpc) is 2.55. The summed E-state index contributed by atoms with van der Waals surface area (Å²) >= 11 is 6.79. The first kappa shape index (κ1) is 12.4. The van der Waals surface area contributed by atoms with Gasteiger partial charge in [0.1, 0.15) is 5.69 Å².